The Labute approximate surface area is 240 Å². The molecule has 2 aromatic carbocycles. The zero-order valence-corrected chi connectivity index (χ0v) is 23.8. The summed E-state index contributed by atoms with van der Waals surface area (Å²) >= 11 is 0. The number of fused-ring (bicyclic) bond motifs is 1. The largest absolute Gasteiger partial charge is 0.488 e. The smallest absolute Gasteiger partial charge is 0.342 e. The van der Waals surface area contributed by atoms with E-state index in [1.807, 2.05) is 37.3 Å². The van der Waals surface area contributed by atoms with E-state index in [9.17, 15) is 9.90 Å². The van der Waals surface area contributed by atoms with Crippen molar-refractivity contribution >= 4 is 5.97 Å². The molecule has 9 nitrogen and oxygen atoms in total. The summed E-state index contributed by atoms with van der Waals surface area (Å²) in [5.74, 6) is 0.214. The number of carbonyl (C=O) groups is 1. The van der Waals surface area contributed by atoms with Crippen LogP contribution in [0.5, 0.6) is 11.6 Å². The molecule has 41 heavy (non-hydrogen) atoms. The maximum Gasteiger partial charge on any atom is 0.342 e. The number of rotatable bonds is 7. The first-order chi connectivity index (χ1) is 19.9. The van der Waals surface area contributed by atoms with Gasteiger partial charge in [0.25, 0.3) is 0 Å². The van der Waals surface area contributed by atoms with Crippen LogP contribution in [0.25, 0.3) is 17.1 Å². The van der Waals surface area contributed by atoms with Crippen LogP contribution in [0.4, 0.5) is 0 Å². The lowest BCUT2D eigenvalue weighted by Gasteiger charge is -2.25. The highest BCUT2D eigenvalue weighted by Gasteiger charge is 2.20. The monoisotopic (exact) mass is 556 g/mol. The molecule has 6 rings (SSSR count). The maximum absolute atomic E-state index is 11.5. The number of pyridine rings is 1. The fourth-order valence-electron chi connectivity index (χ4n) is 5.08. The Morgan fingerprint density at radius 1 is 1.07 bits per heavy atom. The summed E-state index contributed by atoms with van der Waals surface area (Å²) in [4.78, 5) is 18.6. The summed E-state index contributed by atoms with van der Waals surface area (Å²) in [6.07, 6.45) is 4.86. The predicted molar refractivity (Wildman–Crippen MR) is 156 cm³/mol. The molecule has 9 heteroatoms. The lowest BCUT2D eigenvalue weighted by molar-refractivity contribution is 0.0693. The van der Waals surface area contributed by atoms with Crippen molar-refractivity contribution in [3.8, 4) is 28.7 Å². The van der Waals surface area contributed by atoms with Gasteiger partial charge in [0.1, 0.15) is 17.9 Å². The van der Waals surface area contributed by atoms with Gasteiger partial charge in [-0.15, -0.1) is 0 Å². The van der Waals surface area contributed by atoms with Crippen molar-refractivity contribution in [2.45, 2.75) is 39.3 Å². The Hall–Kier alpha value is -4.21. The molecular formula is C32H36N4O5. The summed E-state index contributed by atoms with van der Waals surface area (Å²) < 4.78 is 18.0. The van der Waals surface area contributed by atoms with Crippen molar-refractivity contribution in [2.75, 3.05) is 33.9 Å². The van der Waals surface area contributed by atoms with E-state index in [0.717, 1.165) is 55.2 Å². The van der Waals surface area contributed by atoms with Crippen LogP contribution in [0, 0.1) is 6.92 Å². The summed E-state index contributed by atoms with van der Waals surface area (Å²) in [7, 11) is 3.56. The van der Waals surface area contributed by atoms with Crippen LogP contribution in [0.15, 0.2) is 60.8 Å². The van der Waals surface area contributed by atoms with Crippen LogP contribution >= 0.6 is 0 Å². The van der Waals surface area contributed by atoms with Crippen LogP contribution in [0.3, 0.4) is 0 Å². The van der Waals surface area contributed by atoms with Crippen molar-refractivity contribution in [3.63, 3.8) is 0 Å². The van der Waals surface area contributed by atoms with Crippen LogP contribution < -0.4 is 9.47 Å². The number of hydrogen-bond acceptors (Lipinski definition) is 7. The second kappa shape index (κ2) is 13.0. The number of methoxy groups -OCH3 is 1. The molecule has 2 aliphatic rings. The first-order valence-electron chi connectivity index (χ1n) is 13.9. The SMILES string of the molecule is C1CCOC1.COc1c(C(=O)O)cnn1-c1cccc(-c2cccc(C)c2OCc2ccc3c(c2)CCN(C)C3)n1. The van der Waals surface area contributed by atoms with Crippen LogP contribution in [0.2, 0.25) is 0 Å². The molecule has 2 aliphatic heterocycles. The van der Waals surface area contributed by atoms with Gasteiger partial charge >= 0.3 is 5.97 Å². The minimum atomic E-state index is -1.11. The minimum absolute atomic E-state index is 0.0269. The molecule has 1 fully saturated rings. The van der Waals surface area contributed by atoms with Gasteiger partial charge in [-0.1, -0.05) is 36.4 Å². The van der Waals surface area contributed by atoms with E-state index in [-0.39, 0.29) is 11.4 Å². The highest BCUT2D eigenvalue weighted by Crippen LogP contribution is 2.34. The zero-order chi connectivity index (χ0) is 28.8. The van der Waals surface area contributed by atoms with E-state index in [4.69, 9.17) is 19.2 Å². The molecule has 0 saturated carbocycles. The van der Waals surface area contributed by atoms with Crippen molar-refractivity contribution in [1.29, 1.82) is 0 Å². The molecule has 0 spiro atoms. The first-order valence-corrected chi connectivity index (χ1v) is 13.9. The Bertz CT molecular complexity index is 1500. The Morgan fingerprint density at radius 3 is 2.61 bits per heavy atom. The molecule has 0 atom stereocenters. The van der Waals surface area contributed by atoms with Crippen molar-refractivity contribution in [3.05, 3.63) is 88.6 Å². The highest BCUT2D eigenvalue weighted by atomic mass is 16.5. The number of aromatic nitrogens is 3. The number of para-hydroxylation sites is 1. The zero-order valence-electron chi connectivity index (χ0n) is 23.8. The average molecular weight is 557 g/mol. The second-order valence-electron chi connectivity index (χ2n) is 10.3. The van der Waals surface area contributed by atoms with Crippen LogP contribution in [0.1, 0.15) is 45.5 Å². The van der Waals surface area contributed by atoms with Gasteiger partial charge < -0.3 is 24.2 Å². The molecule has 214 valence electrons. The minimum Gasteiger partial charge on any atom is -0.488 e. The molecular weight excluding hydrogens is 520 g/mol. The summed E-state index contributed by atoms with van der Waals surface area (Å²) in [5.41, 5.74) is 6.42. The molecule has 1 N–H and O–H groups in total. The van der Waals surface area contributed by atoms with E-state index in [1.165, 1.54) is 42.0 Å². The molecule has 0 radical (unpaired) electrons. The maximum atomic E-state index is 11.5. The van der Waals surface area contributed by atoms with Gasteiger partial charge in [0, 0.05) is 31.9 Å². The van der Waals surface area contributed by atoms with E-state index < -0.39 is 5.97 Å². The van der Waals surface area contributed by atoms with Crippen LogP contribution in [-0.4, -0.2) is 64.7 Å². The third-order valence-electron chi connectivity index (χ3n) is 7.27. The molecule has 4 aromatic rings. The number of aryl methyl sites for hydroxylation is 1. The fourth-order valence-corrected chi connectivity index (χ4v) is 5.08. The summed E-state index contributed by atoms with van der Waals surface area (Å²) in [6, 6.07) is 18.1. The molecule has 1 saturated heterocycles. The quantitative estimate of drug-likeness (QED) is 0.327. The third-order valence-corrected chi connectivity index (χ3v) is 7.27. The predicted octanol–water partition coefficient (Wildman–Crippen LogP) is 5.31. The number of likely N-dealkylation sites (N-methyl/N-ethyl adjacent to an activating group) is 1. The highest BCUT2D eigenvalue weighted by molar-refractivity contribution is 5.90. The molecule has 4 heterocycles. The Kier molecular flexibility index (Phi) is 8.96. The molecule has 0 unspecified atom stereocenters. The van der Waals surface area contributed by atoms with Gasteiger partial charge in [-0.2, -0.15) is 9.78 Å². The number of aromatic carboxylic acids is 1. The number of nitrogens with zero attached hydrogens (tertiary/aromatic N) is 4. The number of carboxylic acid groups (broad SMARTS) is 1. The van der Waals surface area contributed by atoms with Crippen molar-refractivity contribution in [2.24, 2.45) is 0 Å². The second-order valence-corrected chi connectivity index (χ2v) is 10.3. The van der Waals surface area contributed by atoms with Gasteiger partial charge in [-0.05, 0) is 73.7 Å². The number of benzene rings is 2. The first kappa shape index (κ1) is 28.3. The van der Waals surface area contributed by atoms with Crippen molar-refractivity contribution in [1.82, 2.24) is 19.7 Å². The van der Waals surface area contributed by atoms with E-state index >= 15 is 0 Å². The lowest BCUT2D eigenvalue weighted by atomic mass is 9.98. The summed E-state index contributed by atoms with van der Waals surface area (Å²) in [5, 5.41) is 13.6. The molecule has 0 aliphatic carbocycles. The van der Waals surface area contributed by atoms with Gasteiger partial charge in [-0.3, -0.25) is 0 Å². The Morgan fingerprint density at radius 2 is 1.88 bits per heavy atom. The van der Waals surface area contributed by atoms with E-state index in [0.29, 0.717) is 18.1 Å². The number of carboxylic acids is 1. The van der Waals surface area contributed by atoms with Gasteiger partial charge in [0.15, 0.2) is 5.82 Å². The Balaban J connectivity index is 0.000000610. The van der Waals surface area contributed by atoms with Gasteiger partial charge in [0.05, 0.1) is 19.0 Å². The average Bonchev–Trinajstić information content (AvgIpc) is 3.70. The molecule has 0 amide bonds. The normalized spacial score (nSPS) is 14.6. The van der Waals surface area contributed by atoms with E-state index in [1.54, 1.807) is 6.07 Å². The van der Waals surface area contributed by atoms with Crippen molar-refractivity contribution < 1.29 is 24.1 Å². The standard InChI is InChI=1S/C28H28N4O4.C4H8O/c1-18-6-4-7-22(26(18)36-17-19-10-11-21-16-31(2)13-12-20(21)14-19)24-8-5-9-25(30-24)32-27(35-3)23(15-29-32)28(33)34;1-2-4-5-3-1/h4-11,14-15H,12-13,16-17H2,1-3H3,(H,33,34);1-4H2. The van der Waals surface area contributed by atoms with Crippen LogP contribution in [-0.2, 0) is 24.3 Å². The van der Waals surface area contributed by atoms with Gasteiger partial charge in [-0.25, -0.2) is 9.78 Å². The summed E-state index contributed by atoms with van der Waals surface area (Å²) in [6.45, 7) is 6.52. The number of ether oxygens (including phenoxy) is 3. The lowest BCUT2D eigenvalue weighted by Crippen LogP contribution is -2.26. The van der Waals surface area contributed by atoms with Gasteiger partial charge in [0.2, 0.25) is 5.88 Å². The molecule has 0 bridgehead atoms. The van der Waals surface area contributed by atoms with E-state index in [2.05, 4.69) is 35.2 Å². The molecule has 2 aromatic heterocycles. The topological polar surface area (TPSA) is 98.9 Å². The third kappa shape index (κ3) is 6.58. The fraction of sp³-hybridized carbons (Fsp3) is 0.344. The number of hydrogen-bond donors (Lipinski definition) is 1.